The molecule has 0 spiro atoms. The zero-order valence-electron chi connectivity index (χ0n) is 9.46. The predicted molar refractivity (Wildman–Crippen MR) is 65.7 cm³/mol. The number of nitrogens with zero attached hydrogens (tertiary/aromatic N) is 2. The molecule has 0 aliphatic rings. The Kier molecular flexibility index (Phi) is 3.14. The number of hydrogen-bond donors (Lipinski definition) is 0. The van der Waals surface area contributed by atoms with Gasteiger partial charge in [0.25, 0.3) is 5.69 Å². The fourth-order valence-electron chi connectivity index (χ4n) is 1.58. The molecule has 0 unspecified atom stereocenters. The van der Waals surface area contributed by atoms with Crippen LogP contribution < -0.4 is 0 Å². The second-order valence-electron chi connectivity index (χ2n) is 3.70. The monoisotopic (exact) mass is 228 g/mol. The number of hydrogen-bond acceptors (Lipinski definition) is 3. The molecule has 0 aliphatic carbocycles. The molecule has 86 valence electrons. The first-order chi connectivity index (χ1) is 8.20. The first kappa shape index (κ1) is 11.3. The summed E-state index contributed by atoms with van der Waals surface area (Å²) in [5, 5.41) is 10.5. The predicted octanol–water partition coefficient (Wildman–Crippen LogP) is 3.22. The topological polar surface area (TPSA) is 56.0 Å². The highest BCUT2D eigenvalue weighted by Gasteiger charge is 2.05. The largest absolute Gasteiger partial charge is 0.269 e. The highest BCUT2D eigenvalue weighted by Crippen LogP contribution is 2.21. The Hall–Kier alpha value is -2.23. The Morgan fingerprint density at radius 1 is 1.12 bits per heavy atom. The van der Waals surface area contributed by atoms with E-state index < -0.39 is 4.92 Å². The van der Waals surface area contributed by atoms with Gasteiger partial charge in [0.2, 0.25) is 0 Å². The molecule has 4 nitrogen and oxygen atoms in total. The van der Waals surface area contributed by atoms with E-state index in [1.807, 2.05) is 19.1 Å². The normalized spacial score (nSPS) is 10.2. The second kappa shape index (κ2) is 4.74. The van der Waals surface area contributed by atoms with E-state index in [2.05, 4.69) is 4.98 Å². The SMILES string of the molecule is CCc1ccc(-c2ccc([N+](=O)[O-])cc2)cn1. The van der Waals surface area contributed by atoms with Gasteiger partial charge in [0, 0.05) is 29.6 Å². The van der Waals surface area contributed by atoms with Crippen molar-refractivity contribution >= 4 is 5.69 Å². The minimum atomic E-state index is -0.401. The summed E-state index contributed by atoms with van der Waals surface area (Å²) in [4.78, 5) is 14.4. The molecule has 0 fully saturated rings. The maximum Gasteiger partial charge on any atom is 0.269 e. The Bertz CT molecular complexity index is 518. The summed E-state index contributed by atoms with van der Waals surface area (Å²) >= 11 is 0. The third kappa shape index (κ3) is 2.47. The molecule has 0 bridgehead atoms. The summed E-state index contributed by atoms with van der Waals surface area (Å²) in [6, 6.07) is 10.4. The van der Waals surface area contributed by atoms with E-state index in [4.69, 9.17) is 0 Å². The van der Waals surface area contributed by atoms with E-state index in [-0.39, 0.29) is 5.69 Å². The molecule has 1 aromatic heterocycles. The van der Waals surface area contributed by atoms with Crippen molar-refractivity contribution in [3.63, 3.8) is 0 Å². The number of nitro benzene ring substituents is 1. The van der Waals surface area contributed by atoms with Crippen LogP contribution in [0.3, 0.4) is 0 Å². The molecule has 2 rings (SSSR count). The number of nitro groups is 1. The summed E-state index contributed by atoms with van der Waals surface area (Å²) < 4.78 is 0. The van der Waals surface area contributed by atoms with Crippen molar-refractivity contribution in [3.8, 4) is 11.1 Å². The molecule has 0 saturated heterocycles. The van der Waals surface area contributed by atoms with Crippen LogP contribution in [0.25, 0.3) is 11.1 Å². The number of aryl methyl sites for hydroxylation is 1. The van der Waals surface area contributed by atoms with Crippen molar-refractivity contribution in [3.05, 3.63) is 58.4 Å². The van der Waals surface area contributed by atoms with Gasteiger partial charge in [0.1, 0.15) is 0 Å². The zero-order valence-corrected chi connectivity index (χ0v) is 9.46. The molecule has 2 aromatic rings. The van der Waals surface area contributed by atoms with Crippen molar-refractivity contribution in [2.45, 2.75) is 13.3 Å². The van der Waals surface area contributed by atoms with Gasteiger partial charge in [-0.15, -0.1) is 0 Å². The van der Waals surface area contributed by atoms with E-state index in [1.54, 1.807) is 18.3 Å². The first-order valence-electron chi connectivity index (χ1n) is 5.40. The standard InChI is InChI=1S/C13H12N2O2/c1-2-12-6-3-11(9-14-12)10-4-7-13(8-5-10)15(16)17/h3-9H,2H2,1H3. The summed E-state index contributed by atoms with van der Waals surface area (Å²) in [6.45, 7) is 2.05. The van der Waals surface area contributed by atoms with Crippen molar-refractivity contribution in [1.82, 2.24) is 4.98 Å². The van der Waals surface area contributed by atoms with Gasteiger partial charge in [0.05, 0.1) is 4.92 Å². The van der Waals surface area contributed by atoms with Gasteiger partial charge >= 0.3 is 0 Å². The molecule has 0 aliphatic heterocycles. The Balaban J connectivity index is 2.29. The van der Waals surface area contributed by atoms with Crippen LogP contribution in [0.1, 0.15) is 12.6 Å². The number of rotatable bonds is 3. The molecule has 0 saturated carbocycles. The minimum Gasteiger partial charge on any atom is -0.261 e. The molecule has 1 aromatic carbocycles. The Labute approximate surface area is 99.1 Å². The first-order valence-corrected chi connectivity index (χ1v) is 5.40. The van der Waals surface area contributed by atoms with Gasteiger partial charge in [-0.2, -0.15) is 0 Å². The van der Waals surface area contributed by atoms with Crippen LogP contribution in [0.2, 0.25) is 0 Å². The number of non-ortho nitro benzene ring substituents is 1. The van der Waals surface area contributed by atoms with E-state index in [1.165, 1.54) is 12.1 Å². The van der Waals surface area contributed by atoms with Crippen LogP contribution in [0.5, 0.6) is 0 Å². The summed E-state index contributed by atoms with van der Waals surface area (Å²) in [7, 11) is 0. The Morgan fingerprint density at radius 2 is 1.76 bits per heavy atom. The van der Waals surface area contributed by atoms with Gasteiger partial charge < -0.3 is 0 Å². The van der Waals surface area contributed by atoms with Gasteiger partial charge in [-0.25, -0.2) is 0 Å². The lowest BCUT2D eigenvalue weighted by Crippen LogP contribution is -1.89. The van der Waals surface area contributed by atoms with E-state index >= 15 is 0 Å². The third-order valence-electron chi connectivity index (χ3n) is 2.60. The van der Waals surface area contributed by atoms with Gasteiger partial charge in [-0.1, -0.05) is 13.0 Å². The van der Waals surface area contributed by atoms with E-state index in [0.29, 0.717) is 0 Å². The lowest BCUT2D eigenvalue weighted by Gasteiger charge is -2.02. The van der Waals surface area contributed by atoms with E-state index in [9.17, 15) is 10.1 Å². The van der Waals surface area contributed by atoms with Crippen molar-refractivity contribution < 1.29 is 4.92 Å². The molecule has 0 radical (unpaired) electrons. The van der Waals surface area contributed by atoms with Crippen LogP contribution in [0.15, 0.2) is 42.6 Å². The molecule has 4 heteroatoms. The highest BCUT2D eigenvalue weighted by molar-refractivity contribution is 5.63. The molecule has 0 atom stereocenters. The van der Waals surface area contributed by atoms with Crippen LogP contribution in [-0.2, 0) is 6.42 Å². The fourth-order valence-corrected chi connectivity index (χ4v) is 1.58. The zero-order chi connectivity index (χ0) is 12.3. The van der Waals surface area contributed by atoms with Crippen molar-refractivity contribution in [2.75, 3.05) is 0 Å². The van der Waals surface area contributed by atoms with Gasteiger partial charge in [-0.05, 0) is 30.2 Å². The number of benzene rings is 1. The summed E-state index contributed by atoms with van der Waals surface area (Å²) in [5.74, 6) is 0. The van der Waals surface area contributed by atoms with Crippen molar-refractivity contribution in [1.29, 1.82) is 0 Å². The smallest absolute Gasteiger partial charge is 0.261 e. The lowest BCUT2D eigenvalue weighted by atomic mass is 10.1. The minimum absolute atomic E-state index is 0.104. The second-order valence-corrected chi connectivity index (χ2v) is 3.70. The van der Waals surface area contributed by atoms with Crippen LogP contribution in [0, 0.1) is 10.1 Å². The quantitative estimate of drug-likeness (QED) is 0.598. The van der Waals surface area contributed by atoms with Crippen LogP contribution >= 0.6 is 0 Å². The molecular formula is C13H12N2O2. The van der Waals surface area contributed by atoms with Crippen LogP contribution in [-0.4, -0.2) is 9.91 Å². The van der Waals surface area contributed by atoms with E-state index in [0.717, 1.165) is 23.2 Å². The van der Waals surface area contributed by atoms with Crippen molar-refractivity contribution in [2.24, 2.45) is 0 Å². The van der Waals surface area contributed by atoms with Gasteiger partial charge in [0.15, 0.2) is 0 Å². The summed E-state index contributed by atoms with van der Waals surface area (Å²) in [5.41, 5.74) is 3.05. The Morgan fingerprint density at radius 3 is 2.24 bits per heavy atom. The summed E-state index contributed by atoms with van der Waals surface area (Å²) in [6.07, 6.45) is 2.69. The molecule has 0 amide bonds. The number of pyridine rings is 1. The highest BCUT2D eigenvalue weighted by atomic mass is 16.6. The molecule has 17 heavy (non-hydrogen) atoms. The molecule has 0 N–H and O–H groups in total. The number of aromatic nitrogens is 1. The van der Waals surface area contributed by atoms with Gasteiger partial charge in [-0.3, -0.25) is 15.1 Å². The molecule has 1 heterocycles. The fraction of sp³-hybridized carbons (Fsp3) is 0.154. The molecular weight excluding hydrogens is 216 g/mol. The average Bonchev–Trinajstić information content (AvgIpc) is 2.39. The maximum absolute atomic E-state index is 10.5. The maximum atomic E-state index is 10.5. The third-order valence-corrected chi connectivity index (χ3v) is 2.60. The van der Waals surface area contributed by atoms with Crippen LogP contribution in [0.4, 0.5) is 5.69 Å². The lowest BCUT2D eigenvalue weighted by molar-refractivity contribution is -0.384. The average molecular weight is 228 g/mol.